The van der Waals surface area contributed by atoms with Gasteiger partial charge in [0, 0.05) is 0 Å². The third-order valence-electron chi connectivity index (χ3n) is 3.76. The molecule has 0 spiro atoms. The number of aliphatic carboxylic acids is 1. The number of carbonyl (C=O) groups is 1. The van der Waals surface area contributed by atoms with E-state index in [1.165, 1.54) is 0 Å². The Bertz CT molecular complexity index is 655. The third kappa shape index (κ3) is 19.7. The first-order valence-corrected chi connectivity index (χ1v) is 11.9. The number of rotatable bonds is 18. The molecule has 0 unspecified atom stereocenters. The molecule has 0 bridgehead atoms. The van der Waals surface area contributed by atoms with Gasteiger partial charge in [-0.25, -0.2) is 13.2 Å². The van der Waals surface area contributed by atoms with E-state index in [1.807, 2.05) is 12.2 Å². The minimum Gasteiger partial charge on any atom is -0.479 e. The van der Waals surface area contributed by atoms with Crippen LogP contribution in [0.5, 0.6) is 0 Å². The molecule has 0 aliphatic rings. The van der Waals surface area contributed by atoms with Crippen LogP contribution in [-0.4, -0.2) is 49.7 Å². The van der Waals surface area contributed by atoms with Crippen LogP contribution >= 0.6 is 0 Å². The van der Waals surface area contributed by atoms with Gasteiger partial charge in [0.25, 0.3) is 0 Å². The summed E-state index contributed by atoms with van der Waals surface area (Å²) in [5, 5.41) is 8.81. The molecule has 3 N–H and O–H groups in total. The molecule has 0 aliphatic carbocycles. The number of carboxylic acid groups (broad SMARTS) is 1. The van der Waals surface area contributed by atoms with Crippen molar-refractivity contribution in [2.45, 2.75) is 76.7 Å². The zero-order valence-electron chi connectivity index (χ0n) is 15.7. The Hall–Kier alpha value is -1.05. The van der Waals surface area contributed by atoms with Gasteiger partial charge in [-0.2, -0.15) is 16.8 Å². The summed E-state index contributed by atoms with van der Waals surface area (Å²) in [6.07, 6.45) is 10.8. The van der Waals surface area contributed by atoms with Gasteiger partial charge in [0.05, 0.1) is 6.61 Å². The summed E-state index contributed by atoms with van der Waals surface area (Å²) in [5.41, 5.74) is 0. The molecule has 0 amide bonds. The molecule has 0 saturated heterocycles. The van der Waals surface area contributed by atoms with Crippen molar-refractivity contribution in [2.24, 2.45) is 0 Å². The normalized spacial score (nSPS) is 13.8. The topological polar surface area (TPSA) is 164 Å². The Morgan fingerprint density at radius 2 is 1.29 bits per heavy atom. The molecule has 12 heteroatoms. The minimum absolute atomic E-state index is 0.00121. The SMILES string of the molecule is O=C(O)[C@H](CCC/C=C/CCCCCCCCCOS(=O)(=O)O)OS(=O)(=O)O. The highest BCUT2D eigenvalue weighted by Crippen LogP contribution is 2.11. The molecular formula is C16H30O10S2. The van der Waals surface area contributed by atoms with E-state index in [0.29, 0.717) is 19.3 Å². The second-order valence-corrected chi connectivity index (χ2v) is 8.41. The van der Waals surface area contributed by atoms with Crippen LogP contribution in [0.2, 0.25) is 0 Å². The van der Waals surface area contributed by atoms with Gasteiger partial charge in [-0.1, -0.05) is 44.3 Å². The number of hydrogen-bond acceptors (Lipinski definition) is 7. The summed E-state index contributed by atoms with van der Waals surface area (Å²) < 4.78 is 67.0. The van der Waals surface area contributed by atoms with Crippen LogP contribution in [0, 0.1) is 0 Å². The van der Waals surface area contributed by atoms with E-state index in [4.69, 9.17) is 14.2 Å². The van der Waals surface area contributed by atoms with E-state index < -0.39 is 32.9 Å². The molecule has 0 aromatic heterocycles. The molecule has 166 valence electrons. The largest absolute Gasteiger partial charge is 0.479 e. The standard InChI is InChI=1S/C16H30O10S2/c17-16(18)15(26-28(22,23)24)13-11-9-7-5-3-1-2-4-6-8-10-12-14-25-27(19,20)21/h5,7,15H,1-4,6,8-14H2,(H,17,18)(H,19,20,21)(H,22,23,24)/b7-5+/t15-/m0/s1. The number of allylic oxidation sites excluding steroid dienone is 2. The Labute approximate surface area is 166 Å². The average molecular weight is 447 g/mol. The lowest BCUT2D eigenvalue weighted by Gasteiger charge is -2.09. The molecule has 0 fully saturated rings. The molecular weight excluding hydrogens is 416 g/mol. The van der Waals surface area contributed by atoms with E-state index >= 15 is 0 Å². The van der Waals surface area contributed by atoms with Gasteiger partial charge in [0.1, 0.15) is 0 Å². The second kappa shape index (κ2) is 14.9. The van der Waals surface area contributed by atoms with Crippen LogP contribution in [0.3, 0.4) is 0 Å². The molecule has 0 aromatic carbocycles. The zero-order valence-corrected chi connectivity index (χ0v) is 17.4. The molecule has 0 aromatic rings. The molecule has 1 atom stereocenters. The Morgan fingerprint density at radius 3 is 1.79 bits per heavy atom. The quantitative estimate of drug-likeness (QED) is 0.162. The second-order valence-electron chi connectivity index (χ2n) is 6.27. The number of unbranched alkanes of at least 4 members (excludes halogenated alkanes) is 8. The van der Waals surface area contributed by atoms with E-state index in [-0.39, 0.29) is 13.0 Å². The predicted octanol–water partition coefficient (Wildman–Crippen LogP) is 2.93. The molecule has 0 saturated carbocycles. The molecule has 0 rings (SSSR count). The van der Waals surface area contributed by atoms with Gasteiger partial charge in [0.2, 0.25) is 0 Å². The highest BCUT2D eigenvalue weighted by molar-refractivity contribution is 7.81. The van der Waals surface area contributed by atoms with Crippen LogP contribution in [0.1, 0.15) is 70.6 Å². The Kier molecular flexibility index (Phi) is 14.3. The molecule has 0 heterocycles. The maximum Gasteiger partial charge on any atom is 0.398 e. The average Bonchev–Trinajstić information content (AvgIpc) is 2.55. The van der Waals surface area contributed by atoms with E-state index in [2.05, 4.69) is 8.37 Å². The molecule has 10 nitrogen and oxygen atoms in total. The Balaban J connectivity index is 3.54. The molecule has 0 aliphatic heterocycles. The van der Waals surface area contributed by atoms with Gasteiger partial charge in [0.15, 0.2) is 6.10 Å². The first-order chi connectivity index (χ1) is 13.0. The van der Waals surface area contributed by atoms with Crippen LogP contribution in [0.15, 0.2) is 12.2 Å². The van der Waals surface area contributed by atoms with Gasteiger partial charge >= 0.3 is 26.8 Å². The van der Waals surface area contributed by atoms with Crippen LogP contribution in [0.25, 0.3) is 0 Å². The monoisotopic (exact) mass is 446 g/mol. The summed E-state index contributed by atoms with van der Waals surface area (Å²) in [6.45, 7) is -0.00121. The van der Waals surface area contributed by atoms with Crippen molar-refractivity contribution in [3.63, 3.8) is 0 Å². The van der Waals surface area contributed by atoms with Crippen molar-refractivity contribution in [1.29, 1.82) is 0 Å². The maximum atomic E-state index is 10.8. The predicted molar refractivity (Wildman–Crippen MR) is 101 cm³/mol. The minimum atomic E-state index is -4.78. The van der Waals surface area contributed by atoms with E-state index in [9.17, 15) is 21.6 Å². The van der Waals surface area contributed by atoms with Gasteiger partial charge in [-0.15, -0.1) is 0 Å². The lowest BCUT2D eigenvalue weighted by Crippen LogP contribution is -2.26. The van der Waals surface area contributed by atoms with Crippen LogP contribution in [0.4, 0.5) is 0 Å². The summed E-state index contributed by atoms with van der Waals surface area (Å²) in [4.78, 5) is 10.8. The lowest BCUT2D eigenvalue weighted by molar-refractivity contribution is -0.145. The lowest BCUT2D eigenvalue weighted by atomic mass is 10.1. The summed E-state index contributed by atoms with van der Waals surface area (Å²) in [6, 6.07) is 0. The highest BCUT2D eigenvalue weighted by atomic mass is 32.3. The maximum absolute atomic E-state index is 10.8. The Morgan fingerprint density at radius 1 is 0.786 bits per heavy atom. The zero-order chi connectivity index (χ0) is 21.5. The summed E-state index contributed by atoms with van der Waals surface area (Å²) in [5.74, 6) is -1.44. The fourth-order valence-corrected chi connectivity index (χ4v) is 3.23. The number of hydrogen-bond donors (Lipinski definition) is 3. The van der Waals surface area contributed by atoms with Crippen molar-refractivity contribution in [3.05, 3.63) is 12.2 Å². The first-order valence-electron chi connectivity index (χ1n) is 9.16. The summed E-state index contributed by atoms with van der Waals surface area (Å²) >= 11 is 0. The highest BCUT2D eigenvalue weighted by Gasteiger charge is 2.23. The van der Waals surface area contributed by atoms with E-state index in [1.54, 1.807) is 0 Å². The fourth-order valence-electron chi connectivity index (χ4n) is 2.43. The number of carboxylic acids is 1. The van der Waals surface area contributed by atoms with Crippen molar-refractivity contribution in [1.82, 2.24) is 0 Å². The van der Waals surface area contributed by atoms with Crippen molar-refractivity contribution in [3.8, 4) is 0 Å². The van der Waals surface area contributed by atoms with E-state index in [0.717, 1.165) is 44.9 Å². The van der Waals surface area contributed by atoms with Crippen molar-refractivity contribution in [2.75, 3.05) is 6.61 Å². The van der Waals surface area contributed by atoms with Gasteiger partial charge in [-0.3, -0.25) is 9.11 Å². The van der Waals surface area contributed by atoms with Crippen molar-refractivity contribution >= 4 is 26.8 Å². The molecule has 28 heavy (non-hydrogen) atoms. The summed E-state index contributed by atoms with van der Waals surface area (Å²) in [7, 11) is -9.11. The smallest absolute Gasteiger partial charge is 0.398 e. The third-order valence-corrected chi connectivity index (χ3v) is 4.70. The van der Waals surface area contributed by atoms with Crippen LogP contribution in [-0.2, 0) is 34.0 Å². The van der Waals surface area contributed by atoms with Gasteiger partial charge < -0.3 is 5.11 Å². The van der Waals surface area contributed by atoms with Gasteiger partial charge in [-0.05, 0) is 38.5 Å². The fraction of sp³-hybridized carbons (Fsp3) is 0.812. The van der Waals surface area contributed by atoms with Crippen LogP contribution < -0.4 is 0 Å². The van der Waals surface area contributed by atoms with Crippen molar-refractivity contribution < 1.29 is 44.2 Å². The molecule has 0 radical (unpaired) electrons. The first kappa shape index (κ1) is 27.0.